The Hall–Kier alpha value is -5.10. The fraction of sp³-hybridized carbons (Fsp3) is 0.100. The van der Waals surface area contributed by atoms with E-state index in [0.717, 1.165) is 56.1 Å². The first-order valence-electron chi connectivity index (χ1n) is 15.5. The zero-order valence-electron chi connectivity index (χ0n) is 26.2. The molecule has 0 N–H and O–H groups in total. The van der Waals surface area contributed by atoms with Crippen LogP contribution in [0.15, 0.2) is 134 Å². The minimum Gasteiger partial charge on any atom is -0.457 e. The summed E-state index contributed by atoms with van der Waals surface area (Å²) < 4.78 is 12.9. The Morgan fingerprint density at radius 2 is 1.36 bits per heavy atom. The predicted octanol–water partition coefficient (Wildman–Crippen LogP) is 10.8. The van der Waals surface area contributed by atoms with E-state index in [-0.39, 0.29) is 5.41 Å². The fourth-order valence-corrected chi connectivity index (χ4v) is 6.89. The van der Waals surface area contributed by atoms with E-state index >= 15 is 0 Å². The average Bonchev–Trinajstić information content (AvgIpc) is 3.61. The Labute approximate surface area is 282 Å². The molecule has 7 heteroatoms. The number of pyridine rings is 1. The third-order valence-electron chi connectivity index (χ3n) is 8.63. The molecule has 5 aromatic carbocycles. The molecule has 47 heavy (non-hydrogen) atoms. The lowest BCUT2D eigenvalue weighted by Gasteiger charge is -2.20. The zero-order valence-corrected chi connectivity index (χ0v) is 27.7. The van der Waals surface area contributed by atoms with Crippen LogP contribution < -0.4 is 9.30 Å². The molecule has 8 aromatic rings. The highest BCUT2D eigenvalue weighted by molar-refractivity contribution is 6.37. The van der Waals surface area contributed by atoms with Crippen molar-refractivity contribution >= 4 is 56.0 Å². The molecule has 0 unspecified atom stereocenters. The van der Waals surface area contributed by atoms with Crippen LogP contribution >= 0.6 is 23.2 Å². The number of aromatic nitrogens is 4. The second kappa shape index (κ2) is 11.3. The van der Waals surface area contributed by atoms with Crippen molar-refractivity contribution in [1.82, 2.24) is 14.1 Å². The van der Waals surface area contributed by atoms with E-state index in [1.165, 1.54) is 10.9 Å². The van der Waals surface area contributed by atoms with Gasteiger partial charge in [0.25, 0.3) is 6.33 Å². The minimum absolute atomic E-state index is 0.000326. The summed E-state index contributed by atoms with van der Waals surface area (Å²) in [7, 11) is 0. The lowest BCUT2D eigenvalue weighted by atomic mass is 9.88. The highest BCUT2D eigenvalue weighted by atomic mass is 35.5. The molecule has 5 nitrogen and oxygen atoms in total. The summed E-state index contributed by atoms with van der Waals surface area (Å²) in [5.74, 6) is 2.34. The lowest BCUT2D eigenvalue weighted by molar-refractivity contribution is -0.567. The van der Waals surface area contributed by atoms with Gasteiger partial charge in [0.05, 0.1) is 21.1 Å². The number of para-hydroxylation sites is 4. The molecule has 0 radical (unpaired) electrons. The van der Waals surface area contributed by atoms with Crippen molar-refractivity contribution in [3.63, 3.8) is 0 Å². The number of hydrogen-bond acceptors (Lipinski definition) is 2. The van der Waals surface area contributed by atoms with Crippen LogP contribution in [-0.2, 0) is 5.41 Å². The van der Waals surface area contributed by atoms with Crippen LogP contribution in [0, 0.1) is 0 Å². The van der Waals surface area contributed by atoms with Crippen LogP contribution in [-0.4, -0.2) is 14.1 Å². The largest absolute Gasteiger partial charge is 0.457 e. The molecule has 0 amide bonds. The van der Waals surface area contributed by atoms with Gasteiger partial charge in [-0.2, -0.15) is 9.13 Å². The first-order chi connectivity index (χ1) is 22.8. The van der Waals surface area contributed by atoms with Gasteiger partial charge in [0.2, 0.25) is 0 Å². The highest BCUT2D eigenvalue weighted by Crippen LogP contribution is 2.36. The summed E-state index contributed by atoms with van der Waals surface area (Å²) in [6.45, 7) is 6.67. The number of imidazole rings is 1. The number of halogens is 2. The zero-order chi connectivity index (χ0) is 32.3. The summed E-state index contributed by atoms with van der Waals surface area (Å²) in [6.07, 6.45) is 3.91. The molecule has 0 aliphatic heterocycles. The SMILES string of the molecule is CC(C)(C)c1ccnc(-n2c3ccccc3c3ccc(Oc4cccc(-[n+]5cn(-c6c(Cl)cccc6Cl)c6ccccc65)c4)cc32)c1. The van der Waals surface area contributed by atoms with Crippen molar-refractivity contribution in [2.75, 3.05) is 0 Å². The van der Waals surface area contributed by atoms with E-state index in [4.69, 9.17) is 32.9 Å². The first kappa shape index (κ1) is 29.3. The van der Waals surface area contributed by atoms with Gasteiger partial charge in [-0.15, -0.1) is 0 Å². The Kier molecular flexibility index (Phi) is 7.05. The smallest absolute Gasteiger partial charge is 0.255 e. The van der Waals surface area contributed by atoms with Gasteiger partial charge in [0.15, 0.2) is 16.7 Å². The lowest BCUT2D eigenvalue weighted by Crippen LogP contribution is -2.28. The van der Waals surface area contributed by atoms with Gasteiger partial charge in [-0.05, 0) is 77.7 Å². The normalized spacial score (nSPS) is 11.9. The Balaban J connectivity index is 1.22. The summed E-state index contributed by atoms with van der Waals surface area (Å²) >= 11 is 13.3. The molecule has 0 bridgehead atoms. The molecule has 0 aliphatic rings. The van der Waals surface area contributed by atoms with E-state index in [0.29, 0.717) is 10.0 Å². The van der Waals surface area contributed by atoms with E-state index in [1.54, 1.807) is 0 Å². The molecule has 0 saturated carbocycles. The van der Waals surface area contributed by atoms with Gasteiger partial charge in [0, 0.05) is 29.1 Å². The number of fused-ring (bicyclic) bond motifs is 4. The molecule has 8 rings (SSSR count). The summed E-state index contributed by atoms with van der Waals surface area (Å²) in [5, 5.41) is 3.47. The van der Waals surface area contributed by atoms with Crippen molar-refractivity contribution < 1.29 is 9.30 Å². The topological polar surface area (TPSA) is 35.9 Å². The molecule has 0 aliphatic carbocycles. The highest BCUT2D eigenvalue weighted by Gasteiger charge is 2.23. The van der Waals surface area contributed by atoms with Crippen LogP contribution in [0.1, 0.15) is 26.3 Å². The summed E-state index contributed by atoms with van der Waals surface area (Å²) in [4.78, 5) is 4.81. The molecular weight excluding hydrogens is 623 g/mol. The van der Waals surface area contributed by atoms with Crippen LogP contribution in [0.5, 0.6) is 11.5 Å². The van der Waals surface area contributed by atoms with E-state index in [2.05, 4.69) is 96.6 Å². The Bertz CT molecular complexity index is 2450. The Morgan fingerprint density at radius 1 is 0.660 bits per heavy atom. The van der Waals surface area contributed by atoms with Crippen LogP contribution in [0.25, 0.3) is 50.0 Å². The predicted molar refractivity (Wildman–Crippen MR) is 192 cm³/mol. The van der Waals surface area contributed by atoms with Gasteiger partial charge in [-0.3, -0.25) is 4.57 Å². The summed E-state index contributed by atoms with van der Waals surface area (Å²) in [5.41, 5.74) is 7.04. The van der Waals surface area contributed by atoms with Gasteiger partial charge in [-0.25, -0.2) is 4.98 Å². The third kappa shape index (κ3) is 5.12. The fourth-order valence-electron chi connectivity index (χ4n) is 6.32. The standard InChI is InChI=1S/C40H31Cl2N4O/c1-40(2,3)26-20-21-43-38(22-26)46-34-15-5-4-12-30(34)31-19-18-29(24-37(31)46)47-28-11-8-10-27(23-28)44-25-45(36-17-7-6-16-35(36)44)39-32(41)13-9-14-33(39)42/h4-25H,1-3H3/q+1. The molecule has 0 fully saturated rings. The van der Waals surface area contributed by atoms with E-state index in [9.17, 15) is 0 Å². The monoisotopic (exact) mass is 653 g/mol. The van der Waals surface area contributed by atoms with Crippen LogP contribution in [0.3, 0.4) is 0 Å². The number of rotatable bonds is 5. The number of benzene rings is 5. The molecule has 0 saturated heterocycles. The number of ether oxygens (including phenoxy) is 1. The maximum absolute atomic E-state index is 6.64. The molecule has 230 valence electrons. The number of hydrogen-bond donors (Lipinski definition) is 0. The molecule has 3 aromatic heterocycles. The van der Waals surface area contributed by atoms with Gasteiger partial charge >= 0.3 is 0 Å². The molecule has 3 heterocycles. The van der Waals surface area contributed by atoms with E-state index < -0.39 is 0 Å². The molecular formula is C40H31Cl2N4O+. The van der Waals surface area contributed by atoms with Crippen molar-refractivity contribution in [2.24, 2.45) is 0 Å². The second-order valence-corrected chi connectivity index (χ2v) is 13.5. The summed E-state index contributed by atoms with van der Waals surface area (Å²) in [6, 6.07) is 40.8. The van der Waals surface area contributed by atoms with Crippen LogP contribution in [0.2, 0.25) is 10.0 Å². The van der Waals surface area contributed by atoms with Crippen molar-refractivity contribution in [3.8, 4) is 28.7 Å². The van der Waals surface area contributed by atoms with Crippen molar-refractivity contribution in [3.05, 3.63) is 149 Å². The molecule has 0 atom stereocenters. The Morgan fingerprint density at radius 3 is 2.17 bits per heavy atom. The first-order valence-corrected chi connectivity index (χ1v) is 16.3. The van der Waals surface area contributed by atoms with Gasteiger partial charge in [-0.1, -0.05) is 86.4 Å². The van der Waals surface area contributed by atoms with E-state index in [1.807, 2.05) is 71.7 Å². The van der Waals surface area contributed by atoms with Crippen molar-refractivity contribution in [1.29, 1.82) is 0 Å². The minimum atomic E-state index is -0.000326. The third-order valence-corrected chi connectivity index (χ3v) is 9.24. The maximum atomic E-state index is 6.64. The van der Waals surface area contributed by atoms with Crippen molar-refractivity contribution in [2.45, 2.75) is 26.2 Å². The average molecular weight is 655 g/mol. The quantitative estimate of drug-likeness (QED) is 0.173. The van der Waals surface area contributed by atoms with Gasteiger partial charge in [0.1, 0.15) is 23.0 Å². The second-order valence-electron chi connectivity index (χ2n) is 12.7. The van der Waals surface area contributed by atoms with Crippen LogP contribution in [0.4, 0.5) is 0 Å². The van der Waals surface area contributed by atoms with Gasteiger partial charge < -0.3 is 4.74 Å². The maximum Gasteiger partial charge on any atom is 0.255 e. The number of nitrogens with zero attached hydrogens (tertiary/aromatic N) is 4. The molecule has 0 spiro atoms.